The summed E-state index contributed by atoms with van der Waals surface area (Å²) in [5.41, 5.74) is -1.98. The molecule has 2 amide bonds. The molecule has 0 radical (unpaired) electrons. The van der Waals surface area contributed by atoms with Crippen molar-refractivity contribution in [2.75, 3.05) is 52.7 Å². The average molecular weight is 455 g/mol. The van der Waals surface area contributed by atoms with E-state index in [9.17, 15) is 9.59 Å². The molecular weight excluding hydrogens is 416 g/mol. The van der Waals surface area contributed by atoms with Crippen molar-refractivity contribution in [2.24, 2.45) is 0 Å². The monoisotopic (exact) mass is 454 g/mol. The lowest BCUT2D eigenvalue weighted by Gasteiger charge is -2.53. The zero-order valence-corrected chi connectivity index (χ0v) is 20.2. The molecule has 0 aromatic rings. The Labute approximate surface area is 190 Å². The highest BCUT2D eigenvalue weighted by Gasteiger charge is 2.66. The molecule has 4 atom stereocenters. The van der Waals surface area contributed by atoms with Crippen molar-refractivity contribution in [2.45, 2.75) is 76.2 Å². The number of hydrogen-bond acceptors (Lipinski definition) is 8. The molecule has 4 unspecified atom stereocenters. The van der Waals surface area contributed by atoms with E-state index in [1.165, 1.54) is 0 Å². The Morgan fingerprint density at radius 2 is 1.03 bits per heavy atom. The number of amides is 2. The normalized spacial score (nSPS) is 36.7. The van der Waals surface area contributed by atoms with E-state index in [0.29, 0.717) is 39.6 Å². The van der Waals surface area contributed by atoms with E-state index < -0.39 is 11.2 Å². The number of hydrogen-bond donors (Lipinski definition) is 2. The number of carbonyl (C=O) groups excluding carboxylic acids is 2. The largest absolute Gasteiger partial charge is 0.377 e. The zero-order valence-electron chi connectivity index (χ0n) is 20.2. The van der Waals surface area contributed by atoms with Gasteiger partial charge in [0.25, 0.3) is 11.8 Å². The fourth-order valence-corrected chi connectivity index (χ4v) is 5.22. The molecule has 0 saturated carbocycles. The van der Waals surface area contributed by atoms with Gasteiger partial charge in [-0.05, 0) is 41.5 Å². The summed E-state index contributed by atoms with van der Waals surface area (Å²) in [6.07, 6.45) is -0.148. The number of β-lactam (4-membered cyclic amide) rings is 2. The summed E-state index contributed by atoms with van der Waals surface area (Å²) in [6, 6.07) is 0. The minimum absolute atomic E-state index is 0.0268. The first-order valence-electron chi connectivity index (χ1n) is 11.5. The fourth-order valence-electron chi connectivity index (χ4n) is 5.22. The molecule has 0 spiro atoms. The lowest BCUT2D eigenvalue weighted by Crippen LogP contribution is -2.76. The van der Waals surface area contributed by atoms with Gasteiger partial charge in [0.1, 0.15) is 12.3 Å². The molecule has 4 fully saturated rings. The Morgan fingerprint density at radius 1 is 0.688 bits per heavy atom. The Bertz CT molecular complexity index is 699. The first-order chi connectivity index (χ1) is 15.0. The third-order valence-corrected chi connectivity index (χ3v) is 7.24. The van der Waals surface area contributed by atoms with Gasteiger partial charge in [0, 0.05) is 13.1 Å². The van der Waals surface area contributed by atoms with E-state index in [1.807, 2.05) is 23.6 Å². The predicted molar refractivity (Wildman–Crippen MR) is 116 cm³/mol. The molecular formula is C22H38N4O6. The van der Waals surface area contributed by atoms with Crippen molar-refractivity contribution in [1.29, 1.82) is 0 Å². The van der Waals surface area contributed by atoms with Gasteiger partial charge < -0.3 is 28.7 Å². The molecule has 32 heavy (non-hydrogen) atoms. The van der Waals surface area contributed by atoms with Gasteiger partial charge in [-0.25, -0.2) is 0 Å². The van der Waals surface area contributed by atoms with Gasteiger partial charge in [-0.1, -0.05) is 0 Å². The SMILES string of the molecule is CC1(OCCOCCOCCOC2(C)C(=O)N3C2NCC3(C)C)C(=O)N2C1NCC2(C)C. The standard InChI is InChI=1S/C22H38N4O6/c1-19(2)13-23-15-21(5,17(27)25(15)19)31-11-9-29-7-8-30-10-12-32-22(6)16-24-14-20(3,4)26(16)18(22)28/h15-16,23-24H,7-14H2,1-6H3. The quantitative estimate of drug-likeness (QED) is 0.323. The number of nitrogens with zero attached hydrogens (tertiary/aromatic N) is 2. The molecule has 0 bridgehead atoms. The minimum atomic E-state index is -0.820. The van der Waals surface area contributed by atoms with E-state index in [4.69, 9.17) is 18.9 Å². The first-order valence-corrected chi connectivity index (χ1v) is 11.5. The third kappa shape index (κ3) is 3.65. The van der Waals surface area contributed by atoms with Gasteiger partial charge in [0.05, 0.1) is 50.7 Å². The van der Waals surface area contributed by atoms with Crippen LogP contribution < -0.4 is 10.6 Å². The first kappa shape index (κ1) is 23.8. The average Bonchev–Trinajstić information content (AvgIpc) is 3.20. The number of rotatable bonds is 11. The van der Waals surface area contributed by atoms with Crippen LogP contribution in [0.25, 0.3) is 0 Å². The Balaban J connectivity index is 1.04. The van der Waals surface area contributed by atoms with Gasteiger partial charge in [0.15, 0.2) is 11.2 Å². The lowest BCUT2D eigenvalue weighted by atomic mass is 9.87. The number of carbonyl (C=O) groups is 2. The highest BCUT2D eigenvalue weighted by molar-refractivity contribution is 5.94. The molecule has 10 heteroatoms. The summed E-state index contributed by atoms with van der Waals surface area (Å²) in [6.45, 7) is 15.7. The van der Waals surface area contributed by atoms with Crippen molar-refractivity contribution in [1.82, 2.24) is 20.4 Å². The summed E-state index contributed by atoms with van der Waals surface area (Å²) in [4.78, 5) is 28.8. The van der Waals surface area contributed by atoms with Gasteiger partial charge in [-0.2, -0.15) is 0 Å². The molecule has 4 aliphatic heterocycles. The Morgan fingerprint density at radius 3 is 1.41 bits per heavy atom. The minimum Gasteiger partial charge on any atom is -0.377 e. The number of nitrogens with one attached hydrogen (secondary N) is 2. The van der Waals surface area contributed by atoms with Crippen LogP contribution in [0.2, 0.25) is 0 Å². The van der Waals surface area contributed by atoms with E-state index in [0.717, 1.165) is 13.1 Å². The zero-order chi connectivity index (χ0) is 23.4. The second-order valence-electron chi connectivity index (χ2n) is 10.7. The maximum atomic E-state index is 12.5. The molecule has 4 rings (SSSR count). The number of ether oxygens (including phenoxy) is 4. The molecule has 2 N–H and O–H groups in total. The lowest BCUT2D eigenvalue weighted by molar-refractivity contribution is -0.209. The fraction of sp³-hybridized carbons (Fsp3) is 0.909. The second kappa shape index (κ2) is 8.18. The van der Waals surface area contributed by atoms with Gasteiger partial charge in [-0.15, -0.1) is 0 Å². The van der Waals surface area contributed by atoms with Gasteiger partial charge in [0.2, 0.25) is 0 Å². The number of fused-ring (bicyclic) bond motifs is 2. The van der Waals surface area contributed by atoms with Crippen LogP contribution in [0.3, 0.4) is 0 Å². The molecule has 0 aromatic carbocycles. The van der Waals surface area contributed by atoms with Crippen LogP contribution >= 0.6 is 0 Å². The highest BCUT2D eigenvalue weighted by Crippen LogP contribution is 2.42. The van der Waals surface area contributed by atoms with Crippen LogP contribution in [0, 0.1) is 0 Å². The van der Waals surface area contributed by atoms with Gasteiger partial charge >= 0.3 is 0 Å². The van der Waals surface area contributed by atoms with Crippen molar-refractivity contribution in [3.05, 3.63) is 0 Å². The van der Waals surface area contributed by atoms with E-state index in [2.05, 4.69) is 38.3 Å². The molecule has 4 heterocycles. The van der Waals surface area contributed by atoms with Crippen LogP contribution in [0.5, 0.6) is 0 Å². The topological polar surface area (TPSA) is 102 Å². The Kier molecular flexibility index (Phi) is 6.09. The van der Waals surface area contributed by atoms with Crippen molar-refractivity contribution in [3.63, 3.8) is 0 Å². The third-order valence-electron chi connectivity index (χ3n) is 7.24. The van der Waals surface area contributed by atoms with Crippen molar-refractivity contribution < 1.29 is 28.5 Å². The van der Waals surface area contributed by atoms with Crippen molar-refractivity contribution >= 4 is 11.8 Å². The predicted octanol–water partition coefficient (Wildman–Crippen LogP) is -0.330. The van der Waals surface area contributed by atoms with Crippen LogP contribution in [-0.4, -0.2) is 109 Å². The van der Waals surface area contributed by atoms with Crippen LogP contribution in [-0.2, 0) is 28.5 Å². The summed E-state index contributed by atoms with van der Waals surface area (Å²) in [7, 11) is 0. The van der Waals surface area contributed by atoms with E-state index in [1.54, 1.807) is 0 Å². The molecule has 0 aliphatic carbocycles. The summed E-state index contributed by atoms with van der Waals surface area (Å²) in [5, 5.41) is 6.73. The maximum Gasteiger partial charge on any atom is 0.259 e. The van der Waals surface area contributed by atoms with Gasteiger partial charge in [-0.3, -0.25) is 20.2 Å². The second-order valence-corrected chi connectivity index (χ2v) is 10.7. The maximum absolute atomic E-state index is 12.5. The summed E-state index contributed by atoms with van der Waals surface area (Å²) < 4.78 is 22.8. The van der Waals surface area contributed by atoms with Crippen LogP contribution in [0.4, 0.5) is 0 Å². The Hall–Kier alpha value is -1.30. The van der Waals surface area contributed by atoms with E-state index >= 15 is 0 Å². The molecule has 10 nitrogen and oxygen atoms in total. The molecule has 0 aromatic heterocycles. The van der Waals surface area contributed by atoms with Crippen LogP contribution in [0.1, 0.15) is 41.5 Å². The van der Waals surface area contributed by atoms with Crippen molar-refractivity contribution in [3.8, 4) is 0 Å². The van der Waals surface area contributed by atoms with Crippen LogP contribution in [0.15, 0.2) is 0 Å². The summed E-state index contributed by atoms with van der Waals surface area (Å²) in [5.74, 6) is 0.0536. The molecule has 4 aliphatic rings. The van der Waals surface area contributed by atoms with E-state index in [-0.39, 0.29) is 35.2 Å². The summed E-state index contributed by atoms with van der Waals surface area (Å²) >= 11 is 0. The smallest absolute Gasteiger partial charge is 0.259 e. The highest BCUT2D eigenvalue weighted by atomic mass is 16.6. The molecule has 182 valence electrons. The molecule has 4 saturated heterocycles.